The molecule has 3 aromatic carbocycles. The van der Waals surface area contributed by atoms with Gasteiger partial charge in [0, 0.05) is 34.6 Å². The van der Waals surface area contributed by atoms with Crippen molar-refractivity contribution in [2.75, 3.05) is 9.80 Å². The van der Waals surface area contributed by atoms with Crippen LogP contribution in [0.1, 0.15) is 36.9 Å². The molecule has 1 aromatic heterocycles. The van der Waals surface area contributed by atoms with Crippen LogP contribution in [-0.4, -0.2) is 11.1 Å². The molecule has 0 bridgehead atoms. The van der Waals surface area contributed by atoms with Gasteiger partial charge in [-0.2, -0.15) is 0 Å². The number of anilines is 4. The van der Waals surface area contributed by atoms with Crippen molar-refractivity contribution < 1.29 is 0 Å². The van der Waals surface area contributed by atoms with Crippen LogP contribution in [0, 0.1) is 13.8 Å². The number of aromatic nitrogens is 1. The van der Waals surface area contributed by atoms with Crippen LogP contribution >= 0.6 is 0 Å². The minimum Gasteiger partial charge on any atom is -0.319 e. The number of benzene rings is 3. The molecule has 1 atom stereocenters. The molecule has 6 rings (SSSR count). The third kappa shape index (κ3) is 2.85. The molecule has 0 saturated carbocycles. The van der Waals surface area contributed by atoms with Gasteiger partial charge in [-0.05, 0) is 62.2 Å². The summed E-state index contributed by atoms with van der Waals surface area (Å²) < 4.78 is 0. The molecule has 3 heteroatoms. The summed E-state index contributed by atoms with van der Waals surface area (Å²) in [7, 11) is 0. The van der Waals surface area contributed by atoms with Crippen LogP contribution in [0.3, 0.4) is 0 Å². The second kappa shape index (κ2) is 7.52. The zero-order chi connectivity index (χ0) is 21.1. The highest BCUT2D eigenvalue weighted by Crippen LogP contribution is 2.55. The minimum atomic E-state index is 0. The number of nitrogens with zero attached hydrogens (tertiary/aromatic N) is 3. The van der Waals surface area contributed by atoms with Gasteiger partial charge in [-0.3, -0.25) is 4.98 Å². The highest BCUT2D eigenvalue weighted by molar-refractivity contribution is 6.01. The predicted octanol–water partition coefficient (Wildman–Crippen LogP) is 7.54. The lowest BCUT2D eigenvalue weighted by Gasteiger charge is -2.31. The second-order valence-corrected chi connectivity index (χ2v) is 8.58. The summed E-state index contributed by atoms with van der Waals surface area (Å²) in [5.74, 6) is 0. The van der Waals surface area contributed by atoms with Crippen molar-refractivity contribution in [2.45, 2.75) is 40.8 Å². The van der Waals surface area contributed by atoms with E-state index in [2.05, 4.69) is 109 Å². The van der Waals surface area contributed by atoms with Crippen LogP contribution in [0.5, 0.6) is 0 Å². The van der Waals surface area contributed by atoms with Crippen molar-refractivity contribution in [1.29, 1.82) is 0 Å². The molecule has 0 N–H and O–H groups in total. The molecule has 4 aromatic rings. The number of rotatable bonds is 2. The van der Waals surface area contributed by atoms with Crippen molar-refractivity contribution in [1.82, 2.24) is 4.98 Å². The molecule has 2 aliphatic rings. The molecule has 32 heavy (non-hydrogen) atoms. The lowest BCUT2D eigenvalue weighted by molar-refractivity contribution is 0.760. The van der Waals surface area contributed by atoms with Crippen molar-refractivity contribution in [3.8, 4) is 11.1 Å². The van der Waals surface area contributed by atoms with E-state index in [1.54, 1.807) is 0 Å². The van der Waals surface area contributed by atoms with E-state index in [0.717, 1.165) is 12.1 Å². The predicted molar refractivity (Wildman–Crippen MR) is 135 cm³/mol. The fourth-order valence-corrected chi connectivity index (χ4v) is 5.26. The van der Waals surface area contributed by atoms with Crippen molar-refractivity contribution in [3.05, 3.63) is 101 Å². The quantitative estimate of drug-likeness (QED) is 0.295. The van der Waals surface area contributed by atoms with Gasteiger partial charge in [-0.15, -0.1) is 0 Å². The smallest absolute Gasteiger partial charge is 0.108 e. The molecule has 1 aliphatic heterocycles. The maximum atomic E-state index is 4.87. The second-order valence-electron chi connectivity index (χ2n) is 8.58. The molecule has 0 amide bonds. The molecule has 2 heterocycles. The SMILES string of the molecule is C.Cc1ccc2c(n1)Cc1ccc3c(c1-2)N(c1ccccc1C)[C@@H](C)N3c1ccccc1. The molecule has 3 nitrogen and oxygen atoms in total. The van der Waals surface area contributed by atoms with E-state index in [4.69, 9.17) is 4.98 Å². The van der Waals surface area contributed by atoms with E-state index in [-0.39, 0.29) is 13.6 Å². The summed E-state index contributed by atoms with van der Waals surface area (Å²) in [6.07, 6.45) is 1.06. The standard InChI is InChI=1S/C28H25N3.CH4/c1-18-9-7-8-12-25(18)31-20(3)30(22-10-5-4-6-11-22)26-16-14-21-17-24-23(27(21)28(26)31)15-13-19(2)29-24;/h4-16,20H,17H2,1-3H3;1H4/t20-;/m0./s1. The van der Waals surface area contributed by atoms with Crippen molar-refractivity contribution in [2.24, 2.45) is 0 Å². The first-order valence-corrected chi connectivity index (χ1v) is 11.0. The van der Waals surface area contributed by atoms with E-state index in [0.29, 0.717) is 0 Å². The zero-order valence-corrected chi connectivity index (χ0v) is 18.1. The highest BCUT2D eigenvalue weighted by atomic mass is 15.4. The molecule has 1 aliphatic carbocycles. The molecule has 0 unspecified atom stereocenters. The Labute approximate surface area is 191 Å². The van der Waals surface area contributed by atoms with Crippen molar-refractivity contribution >= 4 is 22.7 Å². The third-order valence-corrected chi connectivity index (χ3v) is 6.64. The van der Waals surface area contributed by atoms with Crippen LogP contribution in [0.15, 0.2) is 78.9 Å². The third-order valence-electron chi connectivity index (χ3n) is 6.64. The Bertz CT molecular complexity index is 1310. The molecular weight excluding hydrogens is 390 g/mol. The van der Waals surface area contributed by atoms with Gasteiger partial charge in [0.25, 0.3) is 0 Å². The van der Waals surface area contributed by atoms with Crippen LogP contribution in [-0.2, 0) is 6.42 Å². The summed E-state index contributed by atoms with van der Waals surface area (Å²) in [6, 6.07) is 28.4. The first-order valence-electron chi connectivity index (χ1n) is 11.0. The highest BCUT2D eigenvalue weighted by Gasteiger charge is 2.40. The zero-order valence-electron chi connectivity index (χ0n) is 18.1. The lowest BCUT2D eigenvalue weighted by Crippen LogP contribution is -2.35. The largest absolute Gasteiger partial charge is 0.319 e. The maximum absolute atomic E-state index is 4.87. The van der Waals surface area contributed by atoms with Crippen LogP contribution < -0.4 is 9.80 Å². The summed E-state index contributed by atoms with van der Waals surface area (Å²) in [5, 5.41) is 0. The summed E-state index contributed by atoms with van der Waals surface area (Å²) in [5.41, 5.74) is 12.6. The Morgan fingerprint density at radius 2 is 1.53 bits per heavy atom. The van der Waals surface area contributed by atoms with Gasteiger partial charge >= 0.3 is 0 Å². The monoisotopic (exact) mass is 419 g/mol. The number of aryl methyl sites for hydroxylation is 2. The van der Waals surface area contributed by atoms with E-state index in [1.165, 1.54) is 50.7 Å². The molecule has 0 saturated heterocycles. The Morgan fingerprint density at radius 1 is 0.781 bits per heavy atom. The maximum Gasteiger partial charge on any atom is 0.108 e. The Hall–Kier alpha value is -3.59. The van der Waals surface area contributed by atoms with Crippen LogP contribution in [0.2, 0.25) is 0 Å². The molecule has 0 radical (unpaired) electrons. The molecule has 0 spiro atoms. The van der Waals surface area contributed by atoms with Crippen LogP contribution in [0.25, 0.3) is 11.1 Å². The number of pyridine rings is 1. The Balaban J connectivity index is 0.00000216. The summed E-state index contributed by atoms with van der Waals surface area (Å²) in [4.78, 5) is 9.85. The fourth-order valence-electron chi connectivity index (χ4n) is 5.26. The van der Waals surface area contributed by atoms with Gasteiger partial charge < -0.3 is 9.80 Å². The van der Waals surface area contributed by atoms with Crippen molar-refractivity contribution in [3.63, 3.8) is 0 Å². The first kappa shape index (κ1) is 20.3. The van der Waals surface area contributed by atoms with Gasteiger partial charge in [0.2, 0.25) is 0 Å². The number of para-hydroxylation sites is 2. The van der Waals surface area contributed by atoms with Gasteiger partial charge in [-0.1, -0.05) is 56.0 Å². The van der Waals surface area contributed by atoms with Gasteiger partial charge in [0.05, 0.1) is 17.1 Å². The summed E-state index contributed by atoms with van der Waals surface area (Å²) in [6.45, 7) is 6.58. The van der Waals surface area contributed by atoms with Gasteiger partial charge in [0.1, 0.15) is 6.17 Å². The van der Waals surface area contributed by atoms with Gasteiger partial charge in [-0.25, -0.2) is 0 Å². The lowest BCUT2D eigenvalue weighted by atomic mass is 10.0. The fraction of sp³-hybridized carbons (Fsp3) is 0.207. The average Bonchev–Trinajstić information content (AvgIpc) is 3.28. The number of hydrogen-bond acceptors (Lipinski definition) is 3. The average molecular weight is 420 g/mol. The van der Waals surface area contributed by atoms with E-state index in [1.807, 2.05) is 0 Å². The topological polar surface area (TPSA) is 19.4 Å². The number of hydrogen-bond donors (Lipinski definition) is 0. The summed E-state index contributed by atoms with van der Waals surface area (Å²) >= 11 is 0. The first-order chi connectivity index (χ1) is 15.1. The number of fused-ring (bicyclic) bond motifs is 5. The van der Waals surface area contributed by atoms with E-state index < -0.39 is 0 Å². The minimum absolute atomic E-state index is 0. The van der Waals surface area contributed by atoms with E-state index in [9.17, 15) is 0 Å². The van der Waals surface area contributed by atoms with Gasteiger partial charge in [0.15, 0.2) is 0 Å². The van der Waals surface area contributed by atoms with Crippen LogP contribution in [0.4, 0.5) is 22.7 Å². The Kier molecular flexibility index (Phi) is 4.78. The Morgan fingerprint density at radius 3 is 2.31 bits per heavy atom. The molecule has 160 valence electrons. The normalized spacial score (nSPS) is 15.8. The van der Waals surface area contributed by atoms with E-state index >= 15 is 0 Å². The molecular formula is C29H29N3. The molecule has 0 fully saturated rings.